The van der Waals surface area contributed by atoms with Crippen molar-refractivity contribution >= 4 is 46.0 Å². The number of anilines is 1. The molecule has 0 spiro atoms. The first-order chi connectivity index (χ1) is 11.5. The van der Waals surface area contributed by atoms with Gasteiger partial charge in [-0.2, -0.15) is 0 Å². The van der Waals surface area contributed by atoms with Crippen molar-refractivity contribution in [1.29, 1.82) is 0 Å². The van der Waals surface area contributed by atoms with Crippen LogP contribution in [0, 0.1) is 12.7 Å². The zero-order valence-corrected chi connectivity index (χ0v) is 14.6. The topological polar surface area (TPSA) is 32.3 Å². The van der Waals surface area contributed by atoms with Gasteiger partial charge in [-0.15, -0.1) is 0 Å². The maximum atomic E-state index is 13.3. The predicted octanol–water partition coefficient (Wildman–Crippen LogP) is 4.40. The third kappa shape index (κ3) is 3.66. The summed E-state index contributed by atoms with van der Waals surface area (Å²) in [6, 6.07) is 14.1. The van der Waals surface area contributed by atoms with Crippen LogP contribution < -0.4 is 5.32 Å². The minimum absolute atomic E-state index is 0.143. The summed E-state index contributed by atoms with van der Waals surface area (Å²) in [5.41, 5.74) is 2.50. The first-order valence-corrected chi connectivity index (χ1v) is 8.57. The molecule has 0 saturated carbocycles. The Kier molecular flexibility index (Phi) is 4.97. The molecule has 1 N–H and O–H groups in total. The van der Waals surface area contributed by atoms with Crippen molar-refractivity contribution in [1.82, 2.24) is 4.90 Å². The van der Waals surface area contributed by atoms with Gasteiger partial charge in [0.25, 0.3) is 5.91 Å². The average Bonchev–Trinajstić information content (AvgIpc) is 2.83. The van der Waals surface area contributed by atoms with E-state index in [1.165, 1.54) is 28.8 Å². The van der Waals surface area contributed by atoms with Gasteiger partial charge in [-0.1, -0.05) is 60.4 Å². The highest BCUT2D eigenvalue weighted by atomic mass is 32.2. The minimum atomic E-state index is -0.322. The van der Waals surface area contributed by atoms with E-state index in [-0.39, 0.29) is 18.4 Å². The molecule has 3 rings (SSSR count). The van der Waals surface area contributed by atoms with E-state index in [1.54, 1.807) is 6.07 Å². The molecule has 24 heavy (non-hydrogen) atoms. The Bertz CT molecular complexity index is 821. The van der Waals surface area contributed by atoms with Crippen LogP contribution in [0.25, 0.3) is 6.08 Å². The van der Waals surface area contributed by atoms with Gasteiger partial charge in [-0.05, 0) is 36.3 Å². The van der Waals surface area contributed by atoms with Gasteiger partial charge in [0.2, 0.25) is 0 Å². The van der Waals surface area contributed by atoms with Gasteiger partial charge in [-0.25, -0.2) is 4.39 Å². The molecule has 1 aliphatic heterocycles. The van der Waals surface area contributed by atoms with Crippen molar-refractivity contribution in [2.45, 2.75) is 6.92 Å². The van der Waals surface area contributed by atoms with Crippen molar-refractivity contribution in [3.05, 3.63) is 70.4 Å². The Morgan fingerprint density at radius 3 is 2.75 bits per heavy atom. The highest BCUT2D eigenvalue weighted by Gasteiger charge is 2.31. The summed E-state index contributed by atoms with van der Waals surface area (Å²) < 4.78 is 13.8. The number of thioether (sulfide) groups is 1. The standard InChI is InChI=1S/C18H15FN2OS2/c1-12-7-8-14(19)10-15(12)20-11-21-17(22)16(24-18(21)23)9-13-5-3-2-4-6-13/h2-10,20H,11H2,1H3/b16-9+. The molecule has 2 aromatic rings. The average molecular weight is 358 g/mol. The molecule has 1 aliphatic rings. The zero-order chi connectivity index (χ0) is 17.1. The van der Waals surface area contributed by atoms with E-state index >= 15 is 0 Å². The van der Waals surface area contributed by atoms with Crippen LogP contribution in [0.1, 0.15) is 11.1 Å². The number of thiocarbonyl (C=S) groups is 1. The van der Waals surface area contributed by atoms with Gasteiger partial charge < -0.3 is 5.32 Å². The highest BCUT2D eigenvalue weighted by Crippen LogP contribution is 2.32. The van der Waals surface area contributed by atoms with Gasteiger partial charge in [0, 0.05) is 5.69 Å². The van der Waals surface area contributed by atoms with Crippen LogP contribution in [0.15, 0.2) is 53.4 Å². The van der Waals surface area contributed by atoms with Crippen LogP contribution in [-0.2, 0) is 4.79 Å². The van der Waals surface area contributed by atoms with Crippen LogP contribution in [0.2, 0.25) is 0 Å². The number of carbonyl (C=O) groups excluding carboxylic acids is 1. The minimum Gasteiger partial charge on any atom is -0.367 e. The predicted molar refractivity (Wildman–Crippen MR) is 101 cm³/mol. The lowest BCUT2D eigenvalue weighted by atomic mass is 10.2. The number of hydrogen-bond acceptors (Lipinski definition) is 4. The highest BCUT2D eigenvalue weighted by molar-refractivity contribution is 8.26. The van der Waals surface area contributed by atoms with Crippen molar-refractivity contribution in [2.75, 3.05) is 12.0 Å². The molecular weight excluding hydrogens is 343 g/mol. The van der Waals surface area contributed by atoms with Crippen molar-refractivity contribution in [3.63, 3.8) is 0 Å². The summed E-state index contributed by atoms with van der Waals surface area (Å²) in [6.07, 6.45) is 1.83. The van der Waals surface area contributed by atoms with Crippen LogP contribution in [-0.4, -0.2) is 21.8 Å². The second-order valence-electron chi connectivity index (χ2n) is 5.31. The third-order valence-corrected chi connectivity index (χ3v) is 4.98. The molecule has 0 aromatic heterocycles. The quantitative estimate of drug-likeness (QED) is 0.648. The molecule has 1 saturated heterocycles. The molecular formula is C18H15FN2OS2. The third-order valence-electron chi connectivity index (χ3n) is 3.60. The molecule has 6 heteroatoms. The maximum Gasteiger partial charge on any atom is 0.267 e. The van der Waals surface area contributed by atoms with E-state index in [0.29, 0.717) is 14.9 Å². The molecule has 0 unspecified atom stereocenters. The lowest BCUT2D eigenvalue weighted by molar-refractivity contribution is -0.121. The van der Waals surface area contributed by atoms with Gasteiger partial charge in [0.15, 0.2) is 0 Å². The summed E-state index contributed by atoms with van der Waals surface area (Å²) in [5, 5.41) is 3.08. The molecule has 0 aliphatic carbocycles. The number of nitrogens with one attached hydrogen (secondary N) is 1. The number of halogens is 1. The Labute approximate surface area is 149 Å². The van der Waals surface area contributed by atoms with Crippen LogP contribution in [0.5, 0.6) is 0 Å². The number of amides is 1. The largest absolute Gasteiger partial charge is 0.367 e. The Morgan fingerprint density at radius 2 is 2.00 bits per heavy atom. The smallest absolute Gasteiger partial charge is 0.267 e. The summed E-state index contributed by atoms with van der Waals surface area (Å²) in [7, 11) is 0. The number of rotatable bonds is 4. The van der Waals surface area contributed by atoms with Crippen molar-refractivity contribution < 1.29 is 9.18 Å². The Hall–Kier alpha value is -2.18. The van der Waals surface area contributed by atoms with Crippen LogP contribution >= 0.6 is 24.0 Å². The van der Waals surface area contributed by atoms with E-state index in [4.69, 9.17) is 12.2 Å². The van der Waals surface area contributed by atoms with Crippen molar-refractivity contribution in [3.8, 4) is 0 Å². The SMILES string of the molecule is Cc1ccc(F)cc1NCN1C(=O)/C(=C\c2ccccc2)SC1=S. The summed E-state index contributed by atoms with van der Waals surface area (Å²) in [6.45, 7) is 2.09. The summed E-state index contributed by atoms with van der Waals surface area (Å²) in [5.74, 6) is -0.465. The number of hydrogen-bond donors (Lipinski definition) is 1. The van der Waals surface area contributed by atoms with Crippen LogP contribution in [0.4, 0.5) is 10.1 Å². The molecule has 3 nitrogen and oxygen atoms in total. The fourth-order valence-electron chi connectivity index (χ4n) is 2.29. The zero-order valence-electron chi connectivity index (χ0n) is 13.0. The van der Waals surface area contributed by atoms with Crippen LogP contribution in [0.3, 0.4) is 0 Å². The summed E-state index contributed by atoms with van der Waals surface area (Å²) >= 11 is 6.57. The van der Waals surface area contributed by atoms with Gasteiger partial charge in [0.05, 0.1) is 11.6 Å². The van der Waals surface area contributed by atoms with Gasteiger partial charge >= 0.3 is 0 Å². The molecule has 0 atom stereocenters. The molecule has 2 aromatic carbocycles. The normalized spacial score (nSPS) is 16.1. The van der Waals surface area contributed by atoms with Gasteiger partial charge in [-0.3, -0.25) is 9.69 Å². The number of carbonyl (C=O) groups is 1. The van der Waals surface area contributed by atoms with E-state index in [2.05, 4.69) is 5.32 Å². The Balaban J connectivity index is 1.73. The van der Waals surface area contributed by atoms with Gasteiger partial charge in [0.1, 0.15) is 10.1 Å². The summed E-state index contributed by atoms with van der Waals surface area (Å²) in [4.78, 5) is 14.6. The van der Waals surface area contributed by atoms with Crippen molar-refractivity contribution in [2.24, 2.45) is 0 Å². The number of benzene rings is 2. The fourth-order valence-corrected chi connectivity index (χ4v) is 3.54. The lowest BCUT2D eigenvalue weighted by Gasteiger charge is -2.17. The number of aryl methyl sites for hydroxylation is 1. The first-order valence-electron chi connectivity index (χ1n) is 7.35. The molecule has 0 bridgehead atoms. The van der Waals surface area contributed by atoms with E-state index < -0.39 is 0 Å². The van der Waals surface area contributed by atoms with E-state index in [1.807, 2.05) is 43.3 Å². The monoisotopic (exact) mass is 358 g/mol. The molecule has 1 amide bonds. The molecule has 1 fully saturated rings. The fraction of sp³-hybridized carbons (Fsp3) is 0.111. The first kappa shape index (κ1) is 16.7. The van der Waals surface area contributed by atoms with E-state index in [0.717, 1.165) is 11.1 Å². The molecule has 0 radical (unpaired) electrons. The maximum absolute atomic E-state index is 13.3. The second kappa shape index (κ2) is 7.15. The number of nitrogens with zero attached hydrogens (tertiary/aromatic N) is 1. The molecule has 1 heterocycles. The van der Waals surface area contributed by atoms with E-state index in [9.17, 15) is 9.18 Å². The second-order valence-corrected chi connectivity index (χ2v) is 6.99. The lowest BCUT2D eigenvalue weighted by Crippen LogP contribution is -2.33. The molecule has 122 valence electrons. The Morgan fingerprint density at radius 1 is 1.25 bits per heavy atom.